The molecule has 0 amide bonds. The number of anilines is 1. The summed E-state index contributed by atoms with van der Waals surface area (Å²) < 4.78 is 1.54. The van der Waals surface area contributed by atoms with Crippen LogP contribution in [-0.2, 0) is 0 Å². The summed E-state index contributed by atoms with van der Waals surface area (Å²) in [6, 6.07) is 7.39. The fraction of sp³-hybridized carbons (Fsp3) is 0.222. The first-order valence-electron chi connectivity index (χ1n) is 7.40. The van der Waals surface area contributed by atoms with Gasteiger partial charge >= 0.3 is 0 Å². The van der Waals surface area contributed by atoms with Crippen LogP contribution in [0.2, 0.25) is 0 Å². The van der Waals surface area contributed by atoms with E-state index < -0.39 is 0 Å². The molecule has 5 heteroatoms. The van der Waals surface area contributed by atoms with Crippen molar-refractivity contribution >= 4 is 17.8 Å². The Morgan fingerprint density at radius 1 is 1.39 bits per heavy atom. The van der Waals surface area contributed by atoms with Gasteiger partial charge in [0.15, 0.2) is 0 Å². The molecule has 0 fully saturated rings. The third kappa shape index (κ3) is 3.57. The van der Waals surface area contributed by atoms with Crippen molar-refractivity contribution in [2.45, 2.75) is 6.92 Å². The maximum Gasteiger partial charge on any atom is 0.279 e. The van der Waals surface area contributed by atoms with Crippen molar-refractivity contribution in [1.29, 1.82) is 0 Å². The van der Waals surface area contributed by atoms with Gasteiger partial charge in [-0.1, -0.05) is 12.7 Å². The minimum atomic E-state index is -0.109. The molecule has 2 N–H and O–H groups in total. The highest BCUT2D eigenvalue weighted by Gasteiger charge is 2.07. The average Bonchev–Trinajstić information content (AvgIpc) is 2.54. The van der Waals surface area contributed by atoms with Crippen LogP contribution in [0.1, 0.15) is 6.92 Å². The summed E-state index contributed by atoms with van der Waals surface area (Å²) in [5.74, 6) is 0.570. The number of nitrogens with two attached hydrogens (primary N) is 1. The SMILES string of the molecule is C=C(/C=c1/nc(-n2cccc(N(C)C)c2=O)cc/c1=C/C)CN. The quantitative estimate of drug-likeness (QED) is 0.887. The molecule has 0 saturated heterocycles. The standard InChI is InChI=1S/C18H22N4O/c1-5-14-8-9-17(20-15(14)11-13(2)12-19)22-10-6-7-16(18(22)23)21(3)4/h5-11H,2,12,19H2,1,3-4H3/b14-5-,15-11+. The second kappa shape index (κ2) is 7.07. The normalized spacial score (nSPS) is 12.5. The summed E-state index contributed by atoms with van der Waals surface area (Å²) in [7, 11) is 3.68. The van der Waals surface area contributed by atoms with Crippen molar-refractivity contribution in [3.05, 3.63) is 63.5 Å². The zero-order valence-electron chi connectivity index (χ0n) is 13.8. The summed E-state index contributed by atoms with van der Waals surface area (Å²) >= 11 is 0. The largest absolute Gasteiger partial charge is 0.373 e. The molecule has 0 bridgehead atoms. The zero-order valence-corrected chi connectivity index (χ0v) is 13.8. The molecule has 2 aromatic rings. The summed E-state index contributed by atoms with van der Waals surface area (Å²) in [6.45, 7) is 6.20. The molecule has 0 aliphatic carbocycles. The highest BCUT2D eigenvalue weighted by molar-refractivity contribution is 5.47. The van der Waals surface area contributed by atoms with Crippen molar-refractivity contribution in [2.75, 3.05) is 25.5 Å². The minimum Gasteiger partial charge on any atom is -0.373 e. The minimum absolute atomic E-state index is 0.109. The van der Waals surface area contributed by atoms with Crippen LogP contribution < -0.4 is 26.8 Å². The molecule has 2 aromatic heterocycles. The first-order valence-corrected chi connectivity index (χ1v) is 7.40. The Hall–Kier alpha value is -2.66. The van der Waals surface area contributed by atoms with Crippen LogP contribution >= 0.6 is 0 Å². The lowest BCUT2D eigenvalue weighted by atomic mass is 10.2. The van der Waals surface area contributed by atoms with Gasteiger partial charge in [0, 0.05) is 26.8 Å². The molecule has 0 aromatic carbocycles. The van der Waals surface area contributed by atoms with E-state index in [1.54, 1.807) is 17.2 Å². The van der Waals surface area contributed by atoms with Crippen LogP contribution in [0.4, 0.5) is 5.69 Å². The van der Waals surface area contributed by atoms with E-state index in [0.29, 0.717) is 18.1 Å². The molecule has 0 spiro atoms. The van der Waals surface area contributed by atoms with E-state index in [2.05, 4.69) is 11.6 Å². The van der Waals surface area contributed by atoms with Crippen LogP contribution in [0.3, 0.4) is 0 Å². The van der Waals surface area contributed by atoms with E-state index in [1.165, 1.54) is 4.57 Å². The lowest BCUT2D eigenvalue weighted by molar-refractivity contribution is 0.915. The average molecular weight is 310 g/mol. The van der Waals surface area contributed by atoms with E-state index in [-0.39, 0.29) is 5.56 Å². The molecule has 0 saturated carbocycles. The summed E-state index contributed by atoms with van der Waals surface area (Å²) in [5, 5.41) is 1.72. The van der Waals surface area contributed by atoms with Gasteiger partial charge in [-0.05, 0) is 48.1 Å². The summed E-state index contributed by atoms with van der Waals surface area (Å²) in [4.78, 5) is 19.0. The lowest BCUT2D eigenvalue weighted by Gasteiger charge is -2.13. The fourth-order valence-corrected chi connectivity index (χ4v) is 2.22. The van der Waals surface area contributed by atoms with E-state index in [9.17, 15) is 4.79 Å². The molecule has 2 rings (SSSR count). The third-order valence-corrected chi connectivity index (χ3v) is 3.51. The highest BCUT2D eigenvalue weighted by Crippen LogP contribution is 2.05. The summed E-state index contributed by atoms with van der Waals surface area (Å²) in [5.41, 5.74) is 6.89. The molecule has 5 nitrogen and oxygen atoms in total. The van der Waals surface area contributed by atoms with Crippen LogP contribution in [0.25, 0.3) is 18.0 Å². The predicted molar refractivity (Wildman–Crippen MR) is 96.2 cm³/mol. The molecule has 0 unspecified atom stereocenters. The van der Waals surface area contributed by atoms with Gasteiger partial charge in [-0.15, -0.1) is 0 Å². The van der Waals surface area contributed by atoms with Gasteiger partial charge in [0.1, 0.15) is 11.5 Å². The fourth-order valence-electron chi connectivity index (χ4n) is 2.22. The van der Waals surface area contributed by atoms with Crippen molar-refractivity contribution in [2.24, 2.45) is 5.73 Å². The molecule has 120 valence electrons. The van der Waals surface area contributed by atoms with E-state index in [4.69, 9.17) is 5.73 Å². The number of hydrogen-bond acceptors (Lipinski definition) is 4. The van der Waals surface area contributed by atoms with Crippen molar-refractivity contribution in [1.82, 2.24) is 9.55 Å². The predicted octanol–water partition coefficient (Wildman–Crippen LogP) is 0.394. The van der Waals surface area contributed by atoms with Crippen LogP contribution in [0.15, 0.2) is 47.4 Å². The molecule has 0 aliphatic rings. The van der Waals surface area contributed by atoms with Crippen molar-refractivity contribution in [3.63, 3.8) is 0 Å². The third-order valence-electron chi connectivity index (χ3n) is 3.51. The van der Waals surface area contributed by atoms with Gasteiger partial charge < -0.3 is 10.6 Å². The van der Waals surface area contributed by atoms with E-state index >= 15 is 0 Å². The molecule has 0 atom stereocenters. The molecule has 0 radical (unpaired) electrons. The van der Waals surface area contributed by atoms with Gasteiger partial charge in [0.25, 0.3) is 5.56 Å². The molecular weight excluding hydrogens is 288 g/mol. The van der Waals surface area contributed by atoms with Crippen LogP contribution in [-0.4, -0.2) is 30.2 Å². The van der Waals surface area contributed by atoms with Crippen molar-refractivity contribution < 1.29 is 0 Å². The summed E-state index contributed by atoms with van der Waals surface area (Å²) in [6.07, 6.45) is 5.53. The number of pyridine rings is 2. The van der Waals surface area contributed by atoms with Gasteiger partial charge in [0.05, 0.1) is 5.35 Å². The Bertz CT molecular complexity index is 894. The van der Waals surface area contributed by atoms with Crippen LogP contribution in [0, 0.1) is 0 Å². The molecule has 0 aliphatic heterocycles. The smallest absolute Gasteiger partial charge is 0.279 e. The molecular formula is C18H22N4O. The first kappa shape index (κ1) is 16.7. The van der Waals surface area contributed by atoms with Crippen LogP contribution in [0.5, 0.6) is 0 Å². The Morgan fingerprint density at radius 3 is 2.74 bits per heavy atom. The van der Waals surface area contributed by atoms with Gasteiger partial charge in [-0.2, -0.15) is 0 Å². The van der Waals surface area contributed by atoms with Gasteiger partial charge in [-0.25, -0.2) is 4.98 Å². The molecule has 2 heterocycles. The van der Waals surface area contributed by atoms with Crippen molar-refractivity contribution in [3.8, 4) is 5.82 Å². The molecule has 23 heavy (non-hydrogen) atoms. The number of aromatic nitrogens is 2. The Kier molecular flexibility index (Phi) is 5.13. The van der Waals surface area contributed by atoms with Gasteiger partial charge in [0.2, 0.25) is 0 Å². The monoisotopic (exact) mass is 310 g/mol. The number of nitrogens with zero attached hydrogens (tertiary/aromatic N) is 3. The topological polar surface area (TPSA) is 64.2 Å². The highest BCUT2D eigenvalue weighted by atomic mass is 16.1. The maximum atomic E-state index is 12.6. The zero-order chi connectivity index (χ0) is 17.0. The first-order chi connectivity index (χ1) is 11.0. The number of hydrogen-bond donors (Lipinski definition) is 1. The number of rotatable bonds is 4. The lowest BCUT2D eigenvalue weighted by Crippen LogP contribution is -2.32. The second-order valence-electron chi connectivity index (χ2n) is 5.40. The second-order valence-corrected chi connectivity index (χ2v) is 5.40. The van der Waals surface area contributed by atoms with E-state index in [0.717, 1.165) is 16.1 Å². The van der Waals surface area contributed by atoms with E-state index in [1.807, 2.05) is 51.4 Å². The Labute approximate surface area is 135 Å². The van der Waals surface area contributed by atoms with Gasteiger partial charge in [-0.3, -0.25) is 9.36 Å². The Balaban J connectivity index is 2.70. The maximum absolute atomic E-state index is 12.6. The Morgan fingerprint density at radius 2 is 2.13 bits per heavy atom.